The Hall–Kier alpha value is -3.27. The average molecular weight is 414 g/mol. The summed E-state index contributed by atoms with van der Waals surface area (Å²) in [6.45, 7) is 1.72. The van der Waals surface area contributed by atoms with E-state index in [0.29, 0.717) is 22.5 Å². The van der Waals surface area contributed by atoms with E-state index < -0.39 is 5.25 Å². The highest BCUT2D eigenvalue weighted by molar-refractivity contribution is 7.99. The van der Waals surface area contributed by atoms with Gasteiger partial charge >= 0.3 is 0 Å². The maximum atomic E-state index is 11.3. The maximum Gasteiger partial charge on any atom is 0.231 e. The van der Waals surface area contributed by atoms with Gasteiger partial charge in [0.05, 0.1) is 7.11 Å². The van der Waals surface area contributed by atoms with Crippen LogP contribution in [-0.4, -0.2) is 40.1 Å². The van der Waals surface area contributed by atoms with Crippen molar-refractivity contribution in [2.75, 3.05) is 20.4 Å². The predicted molar refractivity (Wildman–Crippen MR) is 106 cm³/mol. The number of aromatic nitrogens is 3. The summed E-state index contributed by atoms with van der Waals surface area (Å²) in [5, 5.41) is 19.8. The standard InChI is InChI=1S/C19H18N4O5S/c1-12-20-21-19(23(12)14-4-6-15(26-2)7-5-14)29-18(10-22(24)25)13-3-8-16-17(9-13)28-11-27-16/h3-9,18H,10-11H2,1-2H3/t18-/m0/s1. The van der Waals surface area contributed by atoms with Crippen molar-refractivity contribution in [1.29, 1.82) is 0 Å². The van der Waals surface area contributed by atoms with Crippen molar-refractivity contribution in [2.24, 2.45) is 0 Å². The van der Waals surface area contributed by atoms with Crippen LogP contribution in [0.1, 0.15) is 16.6 Å². The van der Waals surface area contributed by atoms with Crippen molar-refractivity contribution in [3.63, 3.8) is 0 Å². The van der Waals surface area contributed by atoms with Crippen molar-refractivity contribution >= 4 is 11.8 Å². The van der Waals surface area contributed by atoms with Gasteiger partial charge in [0.1, 0.15) is 16.8 Å². The molecule has 1 aromatic heterocycles. The smallest absolute Gasteiger partial charge is 0.231 e. The molecule has 0 amide bonds. The SMILES string of the molecule is COc1ccc(-n2c(C)nnc2S[C@@H](C[N+](=O)[O-])c2ccc3c(c2)OCO3)cc1. The number of benzene rings is 2. The molecule has 0 bridgehead atoms. The van der Waals surface area contributed by atoms with Crippen LogP contribution in [0.25, 0.3) is 5.69 Å². The lowest BCUT2D eigenvalue weighted by atomic mass is 10.1. The van der Waals surface area contributed by atoms with Crippen LogP contribution in [0.4, 0.5) is 0 Å². The molecule has 0 fully saturated rings. The van der Waals surface area contributed by atoms with Crippen LogP contribution in [0.3, 0.4) is 0 Å². The first-order valence-corrected chi connectivity index (χ1v) is 9.67. The van der Waals surface area contributed by atoms with Crippen LogP contribution in [0.5, 0.6) is 17.2 Å². The molecule has 10 heteroatoms. The molecule has 29 heavy (non-hydrogen) atoms. The van der Waals surface area contributed by atoms with Crippen molar-refractivity contribution in [3.8, 4) is 22.9 Å². The van der Waals surface area contributed by atoms with E-state index in [-0.39, 0.29) is 18.3 Å². The first-order chi connectivity index (χ1) is 14.0. The third-order valence-corrected chi connectivity index (χ3v) is 5.64. The van der Waals surface area contributed by atoms with Crippen molar-refractivity contribution < 1.29 is 19.1 Å². The van der Waals surface area contributed by atoms with Gasteiger partial charge in [0.25, 0.3) is 0 Å². The zero-order valence-corrected chi connectivity index (χ0v) is 16.6. The highest BCUT2D eigenvalue weighted by Crippen LogP contribution is 2.40. The number of nitro groups is 1. The van der Waals surface area contributed by atoms with Crippen LogP contribution in [0.2, 0.25) is 0 Å². The molecule has 0 aliphatic carbocycles. The maximum absolute atomic E-state index is 11.3. The molecule has 0 N–H and O–H groups in total. The molecule has 150 valence electrons. The fraction of sp³-hybridized carbons (Fsp3) is 0.263. The predicted octanol–water partition coefficient (Wildman–Crippen LogP) is 3.42. The zero-order valence-electron chi connectivity index (χ0n) is 15.8. The van der Waals surface area contributed by atoms with E-state index in [9.17, 15) is 10.1 Å². The molecule has 9 nitrogen and oxygen atoms in total. The number of hydrogen-bond donors (Lipinski definition) is 0. The van der Waals surface area contributed by atoms with Gasteiger partial charge in [-0.05, 0) is 48.9 Å². The molecule has 3 aromatic rings. The second kappa shape index (κ2) is 8.00. The van der Waals surface area contributed by atoms with E-state index in [1.807, 2.05) is 41.8 Å². The second-order valence-electron chi connectivity index (χ2n) is 6.30. The minimum absolute atomic E-state index is 0.150. The lowest BCUT2D eigenvalue weighted by molar-refractivity contribution is -0.479. The monoisotopic (exact) mass is 414 g/mol. The first kappa shape index (κ1) is 19.1. The van der Waals surface area contributed by atoms with E-state index in [2.05, 4.69) is 10.2 Å². The van der Waals surface area contributed by atoms with Crippen LogP contribution < -0.4 is 14.2 Å². The quantitative estimate of drug-likeness (QED) is 0.329. The number of hydrogen-bond acceptors (Lipinski definition) is 8. The van der Waals surface area contributed by atoms with Gasteiger partial charge in [-0.1, -0.05) is 17.8 Å². The minimum Gasteiger partial charge on any atom is -0.497 e. The Bertz CT molecular complexity index is 1040. The molecule has 2 heterocycles. The number of aryl methyl sites for hydroxylation is 1. The van der Waals surface area contributed by atoms with Gasteiger partial charge in [-0.2, -0.15) is 0 Å². The van der Waals surface area contributed by atoms with E-state index in [1.54, 1.807) is 19.2 Å². The van der Waals surface area contributed by atoms with E-state index in [4.69, 9.17) is 14.2 Å². The highest BCUT2D eigenvalue weighted by Gasteiger charge is 2.26. The van der Waals surface area contributed by atoms with Gasteiger partial charge in [-0.3, -0.25) is 14.7 Å². The van der Waals surface area contributed by atoms with E-state index in [1.165, 1.54) is 11.8 Å². The van der Waals surface area contributed by atoms with Crippen LogP contribution in [0, 0.1) is 17.0 Å². The molecule has 0 spiro atoms. The Morgan fingerprint density at radius 3 is 2.69 bits per heavy atom. The Morgan fingerprint density at radius 1 is 1.21 bits per heavy atom. The molecule has 2 aromatic carbocycles. The normalized spacial score (nSPS) is 13.3. The molecule has 1 atom stereocenters. The van der Waals surface area contributed by atoms with Gasteiger partial charge in [-0.15, -0.1) is 10.2 Å². The van der Waals surface area contributed by atoms with Crippen molar-refractivity contribution in [1.82, 2.24) is 14.8 Å². The Labute approximate surface area is 170 Å². The number of methoxy groups -OCH3 is 1. The summed E-state index contributed by atoms with van der Waals surface area (Å²) in [6.07, 6.45) is 0. The summed E-state index contributed by atoms with van der Waals surface area (Å²) in [5.74, 6) is 2.64. The third-order valence-electron chi connectivity index (χ3n) is 4.46. The molecule has 1 aliphatic heterocycles. The van der Waals surface area contributed by atoms with Gasteiger partial charge in [0.2, 0.25) is 13.3 Å². The van der Waals surface area contributed by atoms with Gasteiger partial charge < -0.3 is 14.2 Å². The topological polar surface area (TPSA) is 102 Å². The fourth-order valence-corrected chi connectivity index (χ4v) is 4.20. The average Bonchev–Trinajstić information content (AvgIpc) is 3.33. The van der Waals surface area contributed by atoms with E-state index in [0.717, 1.165) is 17.0 Å². The fourth-order valence-electron chi connectivity index (χ4n) is 3.03. The molecule has 0 saturated carbocycles. The van der Waals surface area contributed by atoms with Crippen LogP contribution in [0.15, 0.2) is 47.6 Å². The second-order valence-corrected chi connectivity index (χ2v) is 7.47. The molecule has 0 unspecified atom stereocenters. The first-order valence-electron chi connectivity index (χ1n) is 8.79. The molecule has 4 rings (SSSR count). The molecular weight excluding hydrogens is 396 g/mol. The summed E-state index contributed by atoms with van der Waals surface area (Å²) >= 11 is 1.29. The van der Waals surface area contributed by atoms with Gasteiger partial charge in [-0.25, -0.2) is 0 Å². The van der Waals surface area contributed by atoms with Gasteiger partial charge in [0, 0.05) is 10.6 Å². The zero-order chi connectivity index (χ0) is 20.4. The summed E-state index contributed by atoms with van der Waals surface area (Å²) in [7, 11) is 1.61. The molecule has 1 aliphatic rings. The molecular formula is C19H18N4O5S. The number of rotatable bonds is 7. The van der Waals surface area contributed by atoms with E-state index >= 15 is 0 Å². The lowest BCUT2D eigenvalue weighted by Gasteiger charge is -2.15. The van der Waals surface area contributed by atoms with Crippen molar-refractivity contribution in [2.45, 2.75) is 17.3 Å². The largest absolute Gasteiger partial charge is 0.497 e. The number of nitrogens with zero attached hydrogens (tertiary/aromatic N) is 4. The summed E-state index contributed by atoms with van der Waals surface area (Å²) < 4.78 is 17.8. The summed E-state index contributed by atoms with van der Waals surface area (Å²) in [5.41, 5.74) is 1.61. The summed E-state index contributed by atoms with van der Waals surface area (Å²) in [6, 6.07) is 12.8. The molecule has 0 radical (unpaired) electrons. The Kier molecular flexibility index (Phi) is 5.26. The highest BCUT2D eigenvalue weighted by atomic mass is 32.2. The number of thioether (sulfide) groups is 1. The molecule has 0 saturated heterocycles. The number of ether oxygens (including phenoxy) is 3. The third kappa shape index (κ3) is 3.97. The minimum atomic E-state index is -0.472. The summed E-state index contributed by atoms with van der Waals surface area (Å²) in [4.78, 5) is 11.0. The number of fused-ring (bicyclic) bond motifs is 1. The lowest BCUT2D eigenvalue weighted by Crippen LogP contribution is -2.11. The van der Waals surface area contributed by atoms with Crippen LogP contribution >= 0.6 is 11.8 Å². The van der Waals surface area contributed by atoms with Crippen LogP contribution in [-0.2, 0) is 0 Å². The Balaban J connectivity index is 1.67. The Morgan fingerprint density at radius 2 is 1.97 bits per heavy atom. The van der Waals surface area contributed by atoms with Gasteiger partial charge in [0.15, 0.2) is 16.7 Å². The van der Waals surface area contributed by atoms with Crippen molar-refractivity contribution in [3.05, 3.63) is 64.0 Å².